The first-order valence-corrected chi connectivity index (χ1v) is 4.34. The Morgan fingerprint density at radius 1 is 1.47 bits per heavy atom. The molecule has 1 atom stereocenters. The van der Waals surface area contributed by atoms with Gasteiger partial charge in [-0.15, -0.1) is 12.4 Å². The average Bonchev–Trinajstić information content (AvgIpc) is 2.17. The molecule has 1 aromatic rings. The SMILES string of the molecule is COc1cccc(F)c1[C@H](N)CCF.Cl. The van der Waals surface area contributed by atoms with E-state index >= 15 is 0 Å². The minimum Gasteiger partial charge on any atom is -0.496 e. The lowest BCUT2D eigenvalue weighted by Crippen LogP contribution is -2.14. The third kappa shape index (κ3) is 3.32. The van der Waals surface area contributed by atoms with Crippen molar-refractivity contribution in [3.63, 3.8) is 0 Å². The lowest BCUT2D eigenvalue weighted by atomic mass is 10.0. The van der Waals surface area contributed by atoms with E-state index in [0.29, 0.717) is 5.75 Å². The van der Waals surface area contributed by atoms with E-state index in [2.05, 4.69) is 0 Å². The zero-order valence-electron chi connectivity index (χ0n) is 8.37. The van der Waals surface area contributed by atoms with E-state index in [9.17, 15) is 8.78 Å². The smallest absolute Gasteiger partial charge is 0.131 e. The summed E-state index contributed by atoms with van der Waals surface area (Å²) in [6, 6.07) is 3.77. The van der Waals surface area contributed by atoms with Gasteiger partial charge in [0, 0.05) is 11.6 Å². The van der Waals surface area contributed by atoms with Crippen molar-refractivity contribution >= 4 is 12.4 Å². The molecule has 0 heterocycles. The number of rotatable bonds is 4. The van der Waals surface area contributed by atoms with Gasteiger partial charge in [-0.25, -0.2) is 4.39 Å². The Bertz CT molecular complexity index is 309. The molecule has 5 heteroatoms. The van der Waals surface area contributed by atoms with E-state index in [4.69, 9.17) is 10.5 Å². The largest absolute Gasteiger partial charge is 0.496 e. The number of halogens is 3. The van der Waals surface area contributed by atoms with E-state index in [1.807, 2.05) is 0 Å². The molecule has 0 saturated carbocycles. The fraction of sp³-hybridized carbons (Fsp3) is 0.400. The second-order valence-electron chi connectivity index (χ2n) is 2.94. The molecule has 1 aromatic carbocycles. The molecule has 86 valence electrons. The Kier molecular flexibility index (Phi) is 6.20. The van der Waals surface area contributed by atoms with Gasteiger partial charge in [0.2, 0.25) is 0 Å². The van der Waals surface area contributed by atoms with Gasteiger partial charge in [0.25, 0.3) is 0 Å². The maximum Gasteiger partial charge on any atom is 0.131 e. The highest BCUT2D eigenvalue weighted by molar-refractivity contribution is 5.85. The molecule has 0 radical (unpaired) electrons. The Balaban J connectivity index is 0.00000196. The van der Waals surface area contributed by atoms with E-state index in [1.54, 1.807) is 6.07 Å². The van der Waals surface area contributed by atoms with Gasteiger partial charge >= 0.3 is 0 Å². The van der Waals surface area contributed by atoms with Crippen LogP contribution in [0.2, 0.25) is 0 Å². The van der Waals surface area contributed by atoms with Crippen molar-refractivity contribution in [1.29, 1.82) is 0 Å². The Morgan fingerprint density at radius 2 is 2.13 bits per heavy atom. The molecule has 0 unspecified atom stereocenters. The van der Waals surface area contributed by atoms with Crippen LogP contribution in [0.3, 0.4) is 0 Å². The number of alkyl halides is 1. The third-order valence-corrected chi connectivity index (χ3v) is 2.02. The van der Waals surface area contributed by atoms with Gasteiger partial charge in [0.1, 0.15) is 11.6 Å². The van der Waals surface area contributed by atoms with Crippen LogP contribution >= 0.6 is 12.4 Å². The summed E-state index contributed by atoms with van der Waals surface area (Å²) in [7, 11) is 1.43. The molecule has 0 spiro atoms. The van der Waals surface area contributed by atoms with Crippen LogP contribution in [0.1, 0.15) is 18.0 Å². The lowest BCUT2D eigenvalue weighted by Gasteiger charge is -2.14. The summed E-state index contributed by atoms with van der Waals surface area (Å²) in [6.07, 6.45) is 0.0945. The molecule has 1 rings (SSSR count). The normalized spacial score (nSPS) is 11.7. The molecule has 0 aliphatic rings. The molecule has 2 N–H and O–H groups in total. The maximum atomic E-state index is 13.3. The minimum atomic E-state index is -0.656. The number of nitrogens with two attached hydrogens (primary N) is 1. The Morgan fingerprint density at radius 3 is 2.67 bits per heavy atom. The van der Waals surface area contributed by atoms with Crippen LogP contribution in [0, 0.1) is 5.82 Å². The van der Waals surface area contributed by atoms with Crippen molar-refractivity contribution in [3.8, 4) is 5.75 Å². The van der Waals surface area contributed by atoms with Crippen molar-refractivity contribution in [1.82, 2.24) is 0 Å². The van der Waals surface area contributed by atoms with Crippen molar-refractivity contribution in [2.24, 2.45) is 5.73 Å². The number of ether oxygens (including phenoxy) is 1. The fourth-order valence-electron chi connectivity index (χ4n) is 1.32. The Hall–Kier alpha value is -0.870. The van der Waals surface area contributed by atoms with Crippen molar-refractivity contribution < 1.29 is 13.5 Å². The summed E-state index contributed by atoms with van der Waals surface area (Å²) >= 11 is 0. The summed E-state index contributed by atoms with van der Waals surface area (Å²) in [6.45, 7) is -0.571. The van der Waals surface area contributed by atoms with Crippen LogP contribution in [0.5, 0.6) is 5.75 Å². The van der Waals surface area contributed by atoms with Gasteiger partial charge in [0.05, 0.1) is 13.8 Å². The predicted octanol–water partition coefficient (Wildman–Crippen LogP) is 2.62. The minimum absolute atomic E-state index is 0. The van der Waals surface area contributed by atoms with Gasteiger partial charge in [-0.05, 0) is 18.6 Å². The van der Waals surface area contributed by atoms with Gasteiger partial charge in [-0.3, -0.25) is 4.39 Å². The zero-order chi connectivity index (χ0) is 10.6. The summed E-state index contributed by atoms with van der Waals surface area (Å²) in [5.41, 5.74) is 5.87. The molecule has 2 nitrogen and oxygen atoms in total. The fourth-order valence-corrected chi connectivity index (χ4v) is 1.32. The van der Waals surface area contributed by atoms with Gasteiger partial charge in [-0.1, -0.05) is 6.07 Å². The molecule has 0 amide bonds. The first-order valence-electron chi connectivity index (χ1n) is 4.34. The quantitative estimate of drug-likeness (QED) is 0.874. The van der Waals surface area contributed by atoms with Crippen LogP contribution in [0.15, 0.2) is 18.2 Å². The van der Waals surface area contributed by atoms with E-state index in [-0.39, 0.29) is 24.4 Å². The molecular weight excluding hydrogens is 224 g/mol. The van der Waals surface area contributed by atoms with E-state index in [0.717, 1.165) is 0 Å². The van der Waals surface area contributed by atoms with Crippen molar-refractivity contribution in [2.75, 3.05) is 13.8 Å². The standard InChI is InChI=1S/C10H13F2NO.ClH/c1-14-9-4-2-3-7(12)10(9)8(13)5-6-11;/h2-4,8H,5-6,13H2,1H3;1H/t8-;/m1./s1. The molecule has 0 saturated heterocycles. The number of benzene rings is 1. The average molecular weight is 238 g/mol. The van der Waals surface area contributed by atoms with Gasteiger partial charge in [-0.2, -0.15) is 0 Å². The third-order valence-electron chi connectivity index (χ3n) is 2.02. The monoisotopic (exact) mass is 237 g/mol. The molecule has 0 fully saturated rings. The van der Waals surface area contributed by atoms with Crippen molar-refractivity contribution in [3.05, 3.63) is 29.6 Å². The van der Waals surface area contributed by atoms with Crippen LogP contribution < -0.4 is 10.5 Å². The van der Waals surface area contributed by atoms with Crippen LogP contribution in [0.4, 0.5) is 8.78 Å². The number of hydrogen-bond acceptors (Lipinski definition) is 2. The van der Waals surface area contributed by atoms with E-state index < -0.39 is 18.5 Å². The highest BCUT2D eigenvalue weighted by atomic mass is 35.5. The predicted molar refractivity (Wildman–Crippen MR) is 57.7 cm³/mol. The molecule has 0 aromatic heterocycles. The lowest BCUT2D eigenvalue weighted by molar-refractivity contribution is 0.387. The molecule has 0 aliphatic carbocycles. The number of methoxy groups -OCH3 is 1. The molecule has 0 bridgehead atoms. The summed E-state index contributed by atoms with van der Waals surface area (Å²) in [4.78, 5) is 0. The highest BCUT2D eigenvalue weighted by Gasteiger charge is 2.16. The maximum absolute atomic E-state index is 13.3. The molecule has 15 heavy (non-hydrogen) atoms. The van der Waals surface area contributed by atoms with E-state index in [1.165, 1.54) is 19.2 Å². The summed E-state index contributed by atoms with van der Waals surface area (Å²) in [5.74, 6) is -0.0868. The van der Waals surface area contributed by atoms with Crippen LogP contribution in [-0.2, 0) is 0 Å². The van der Waals surface area contributed by atoms with Crippen molar-refractivity contribution in [2.45, 2.75) is 12.5 Å². The van der Waals surface area contributed by atoms with Crippen LogP contribution in [-0.4, -0.2) is 13.8 Å². The summed E-state index contributed by atoms with van der Waals surface area (Å²) < 4.78 is 30.3. The highest BCUT2D eigenvalue weighted by Crippen LogP contribution is 2.28. The first kappa shape index (κ1) is 14.1. The first-order chi connectivity index (χ1) is 6.70. The molecule has 0 aliphatic heterocycles. The number of hydrogen-bond donors (Lipinski definition) is 1. The topological polar surface area (TPSA) is 35.2 Å². The van der Waals surface area contributed by atoms with Gasteiger partial charge < -0.3 is 10.5 Å². The Labute approximate surface area is 93.8 Å². The molecular formula is C10H14ClF2NO. The summed E-state index contributed by atoms with van der Waals surface area (Å²) in [5, 5.41) is 0. The second-order valence-corrected chi connectivity index (χ2v) is 2.94. The zero-order valence-corrected chi connectivity index (χ0v) is 9.19. The van der Waals surface area contributed by atoms with Gasteiger partial charge in [0.15, 0.2) is 0 Å². The second kappa shape index (κ2) is 6.58. The van der Waals surface area contributed by atoms with Crippen LogP contribution in [0.25, 0.3) is 0 Å².